The van der Waals surface area contributed by atoms with Crippen molar-refractivity contribution in [3.63, 3.8) is 0 Å². The van der Waals surface area contributed by atoms with Crippen molar-refractivity contribution in [1.29, 1.82) is 0 Å². The number of nitrogens with two attached hydrogens (primary N) is 1. The van der Waals surface area contributed by atoms with Gasteiger partial charge in [0.1, 0.15) is 0 Å². The predicted octanol–water partition coefficient (Wildman–Crippen LogP) is 5.03. The van der Waals surface area contributed by atoms with Crippen molar-refractivity contribution < 1.29 is 9.90 Å². The number of hydrogen-bond donors (Lipinski definition) is 2. The zero-order valence-corrected chi connectivity index (χ0v) is 16.0. The molecule has 0 aliphatic heterocycles. The Bertz CT molecular complexity index is 565. The maximum Gasteiger partial charge on any atom is 0.303 e. The fraction of sp³-hybridized carbons (Fsp3) is 0.667. The van der Waals surface area contributed by atoms with Crippen LogP contribution < -0.4 is 10.6 Å². The number of aliphatic carboxylic acids is 1. The molecular weight excluding hydrogens is 312 g/mol. The van der Waals surface area contributed by atoms with E-state index in [1.54, 1.807) is 0 Å². The second kappa shape index (κ2) is 9.12. The molecule has 1 aromatic rings. The third-order valence-corrected chi connectivity index (χ3v) is 5.32. The molecule has 4 heteroatoms. The Kier molecular flexibility index (Phi) is 7.15. The van der Waals surface area contributed by atoms with Gasteiger partial charge in [-0.1, -0.05) is 46.1 Å². The maximum atomic E-state index is 11.1. The number of nitrogens with zero attached hydrogens (tertiary/aromatic N) is 1. The van der Waals surface area contributed by atoms with E-state index in [0.29, 0.717) is 12.0 Å². The molecule has 1 saturated carbocycles. The maximum absolute atomic E-state index is 11.1. The van der Waals surface area contributed by atoms with Crippen LogP contribution >= 0.6 is 0 Å². The molecule has 1 aliphatic rings. The third-order valence-electron chi connectivity index (χ3n) is 5.32. The van der Waals surface area contributed by atoms with Crippen LogP contribution in [0.5, 0.6) is 0 Å². The third kappa shape index (κ3) is 5.38. The molecule has 4 nitrogen and oxygen atoms in total. The smallest absolute Gasteiger partial charge is 0.303 e. The van der Waals surface area contributed by atoms with Gasteiger partial charge in [-0.05, 0) is 48.8 Å². The highest BCUT2D eigenvalue weighted by Gasteiger charge is 2.24. The van der Waals surface area contributed by atoms with Gasteiger partial charge in [0.25, 0.3) is 0 Å². The van der Waals surface area contributed by atoms with E-state index in [9.17, 15) is 4.79 Å². The van der Waals surface area contributed by atoms with Gasteiger partial charge < -0.3 is 15.7 Å². The molecule has 1 aliphatic carbocycles. The average Bonchev–Trinajstić information content (AvgIpc) is 2.58. The normalized spacial score (nSPS) is 16.8. The lowest BCUT2D eigenvalue weighted by molar-refractivity contribution is -0.137. The van der Waals surface area contributed by atoms with Crippen molar-refractivity contribution in [2.45, 2.75) is 77.7 Å². The molecule has 0 radical (unpaired) electrons. The van der Waals surface area contributed by atoms with Crippen LogP contribution in [0.4, 0.5) is 11.4 Å². The van der Waals surface area contributed by atoms with Gasteiger partial charge in [0.15, 0.2) is 0 Å². The molecule has 0 unspecified atom stereocenters. The van der Waals surface area contributed by atoms with Crippen molar-refractivity contribution in [3.05, 3.63) is 23.8 Å². The van der Waals surface area contributed by atoms with Crippen LogP contribution in [0.1, 0.15) is 77.2 Å². The van der Waals surface area contributed by atoms with Gasteiger partial charge in [-0.2, -0.15) is 0 Å². The number of rotatable bonds is 8. The monoisotopic (exact) mass is 346 g/mol. The minimum Gasteiger partial charge on any atom is -0.481 e. The lowest BCUT2D eigenvalue weighted by atomic mass is 9.91. The summed E-state index contributed by atoms with van der Waals surface area (Å²) >= 11 is 0. The molecule has 25 heavy (non-hydrogen) atoms. The van der Waals surface area contributed by atoms with Crippen LogP contribution in [0, 0.1) is 5.92 Å². The summed E-state index contributed by atoms with van der Waals surface area (Å²) in [6.45, 7) is 7.55. The summed E-state index contributed by atoms with van der Waals surface area (Å²) in [7, 11) is 0. The van der Waals surface area contributed by atoms with Gasteiger partial charge in [-0.15, -0.1) is 0 Å². The number of hydrogen-bond acceptors (Lipinski definition) is 3. The van der Waals surface area contributed by atoms with Crippen LogP contribution in [0.25, 0.3) is 0 Å². The Morgan fingerprint density at radius 1 is 1.28 bits per heavy atom. The molecule has 0 bridgehead atoms. The number of anilines is 2. The fourth-order valence-corrected chi connectivity index (χ4v) is 4.03. The van der Waals surface area contributed by atoms with Crippen molar-refractivity contribution in [1.82, 2.24) is 0 Å². The summed E-state index contributed by atoms with van der Waals surface area (Å²) in [6, 6.07) is 6.78. The molecule has 1 atom stereocenters. The first-order valence-electron chi connectivity index (χ1n) is 9.80. The first-order valence-corrected chi connectivity index (χ1v) is 9.80. The Labute approximate surface area is 152 Å². The SMILES string of the molecule is CC[C@H](CC(=O)O)c1ccc(N(CC(C)C)C2CCCCC2)c(N)c1. The number of carbonyl (C=O) groups is 1. The largest absolute Gasteiger partial charge is 0.481 e. The number of carboxylic acid groups (broad SMARTS) is 1. The molecule has 1 aromatic carbocycles. The zero-order valence-electron chi connectivity index (χ0n) is 16.0. The highest BCUT2D eigenvalue weighted by atomic mass is 16.4. The van der Waals surface area contributed by atoms with Crippen LogP contribution in [0.3, 0.4) is 0 Å². The van der Waals surface area contributed by atoms with Gasteiger partial charge in [-0.25, -0.2) is 0 Å². The van der Waals surface area contributed by atoms with E-state index in [1.807, 2.05) is 13.0 Å². The summed E-state index contributed by atoms with van der Waals surface area (Å²) in [5.41, 5.74) is 9.38. The molecule has 0 aromatic heterocycles. The first kappa shape index (κ1) is 19.6. The van der Waals surface area contributed by atoms with E-state index in [2.05, 4.69) is 30.9 Å². The summed E-state index contributed by atoms with van der Waals surface area (Å²) in [5, 5.41) is 9.12. The van der Waals surface area contributed by atoms with E-state index in [4.69, 9.17) is 10.8 Å². The zero-order chi connectivity index (χ0) is 18.4. The highest BCUT2D eigenvalue weighted by Crippen LogP contribution is 2.35. The van der Waals surface area contributed by atoms with E-state index in [-0.39, 0.29) is 12.3 Å². The number of carboxylic acids is 1. The molecule has 2 rings (SSSR count). The van der Waals surface area contributed by atoms with Crippen molar-refractivity contribution in [3.8, 4) is 0 Å². The predicted molar refractivity (Wildman–Crippen MR) is 105 cm³/mol. The Morgan fingerprint density at radius 3 is 2.48 bits per heavy atom. The lowest BCUT2D eigenvalue weighted by Gasteiger charge is -2.38. The van der Waals surface area contributed by atoms with Crippen molar-refractivity contribution in [2.24, 2.45) is 5.92 Å². The Hall–Kier alpha value is -1.71. The van der Waals surface area contributed by atoms with Gasteiger partial charge in [-0.3, -0.25) is 4.79 Å². The highest BCUT2D eigenvalue weighted by molar-refractivity contribution is 5.71. The van der Waals surface area contributed by atoms with Crippen LogP contribution in [-0.2, 0) is 4.79 Å². The van der Waals surface area contributed by atoms with Gasteiger partial charge in [0.2, 0.25) is 0 Å². The van der Waals surface area contributed by atoms with Gasteiger partial charge in [0.05, 0.1) is 17.8 Å². The first-order chi connectivity index (χ1) is 11.9. The molecule has 0 spiro atoms. The Balaban J connectivity index is 2.26. The summed E-state index contributed by atoms with van der Waals surface area (Å²) < 4.78 is 0. The second-order valence-corrected chi connectivity index (χ2v) is 7.86. The molecule has 140 valence electrons. The van der Waals surface area contributed by atoms with E-state index >= 15 is 0 Å². The molecule has 0 heterocycles. The van der Waals surface area contributed by atoms with E-state index in [1.165, 1.54) is 32.1 Å². The molecule has 3 N–H and O–H groups in total. The fourth-order valence-electron chi connectivity index (χ4n) is 4.03. The second-order valence-electron chi connectivity index (χ2n) is 7.86. The Morgan fingerprint density at radius 2 is 1.96 bits per heavy atom. The molecular formula is C21H34N2O2. The quantitative estimate of drug-likeness (QED) is 0.648. The standard InChI is InChI=1S/C21H34N2O2/c1-4-16(13-21(24)25)17-10-11-20(19(22)12-17)23(14-15(2)3)18-8-6-5-7-9-18/h10-12,15-16,18H,4-9,13-14,22H2,1-3H3,(H,24,25)/t16-/m1/s1. The van der Waals surface area contributed by atoms with Gasteiger partial charge >= 0.3 is 5.97 Å². The number of benzene rings is 1. The van der Waals surface area contributed by atoms with E-state index in [0.717, 1.165) is 29.9 Å². The van der Waals surface area contributed by atoms with Crippen LogP contribution in [-0.4, -0.2) is 23.7 Å². The van der Waals surface area contributed by atoms with Crippen molar-refractivity contribution >= 4 is 17.3 Å². The van der Waals surface area contributed by atoms with Gasteiger partial charge in [0, 0.05) is 12.6 Å². The average molecular weight is 347 g/mol. The minimum atomic E-state index is -0.752. The summed E-state index contributed by atoms with van der Waals surface area (Å²) in [6.07, 6.45) is 7.39. The van der Waals surface area contributed by atoms with Crippen molar-refractivity contribution in [2.75, 3.05) is 17.2 Å². The topological polar surface area (TPSA) is 66.6 Å². The number of nitrogen functional groups attached to an aromatic ring is 1. The van der Waals surface area contributed by atoms with Crippen LogP contribution in [0.2, 0.25) is 0 Å². The van der Waals surface area contributed by atoms with Crippen LogP contribution in [0.15, 0.2) is 18.2 Å². The van der Waals surface area contributed by atoms with E-state index < -0.39 is 5.97 Å². The lowest BCUT2D eigenvalue weighted by Crippen LogP contribution is -2.39. The summed E-state index contributed by atoms with van der Waals surface area (Å²) in [5.74, 6) is -0.142. The molecule has 1 fully saturated rings. The molecule has 0 amide bonds. The molecule has 0 saturated heterocycles. The minimum absolute atomic E-state index is 0.0297. The summed E-state index contributed by atoms with van der Waals surface area (Å²) in [4.78, 5) is 13.6.